The van der Waals surface area contributed by atoms with E-state index in [-0.39, 0.29) is 23.8 Å². The van der Waals surface area contributed by atoms with Gasteiger partial charge in [-0.15, -0.1) is 0 Å². The third kappa shape index (κ3) is 2.48. The molecule has 1 saturated carbocycles. The quantitative estimate of drug-likeness (QED) is 0.895. The lowest BCUT2D eigenvalue weighted by molar-refractivity contribution is -0.119. The molecule has 2 aromatic rings. The minimum Gasteiger partial charge on any atom is -0.368 e. The zero-order chi connectivity index (χ0) is 16.7. The van der Waals surface area contributed by atoms with Crippen molar-refractivity contribution in [3.05, 3.63) is 47.8 Å². The normalized spacial score (nSPS) is 24.4. The van der Waals surface area contributed by atoms with Crippen LogP contribution >= 0.6 is 0 Å². The van der Waals surface area contributed by atoms with E-state index in [0.29, 0.717) is 5.69 Å². The van der Waals surface area contributed by atoms with Gasteiger partial charge in [0.05, 0.1) is 11.9 Å². The number of nitrogens with two attached hydrogens (primary N) is 1. The van der Waals surface area contributed by atoms with E-state index in [2.05, 4.69) is 34.7 Å². The van der Waals surface area contributed by atoms with Gasteiger partial charge in [-0.05, 0) is 36.8 Å². The van der Waals surface area contributed by atoms with Gasteiger partial charge in [0.25, 0.3) is 0 Å². The number of rotatable bonds is 4. The molecular formula is C18H20N4O2. The molecule has 1 aromatic heterocycles. The van der Waals surface area contributed by atoms with Crippen molar-refractivity contribution in [1.82, 2.24) is 9.78 Å². The van der Waals surface area contributed by atoms with Gasteiger partial charge in [0.2, 0.25) is 11.8 Å². The Morgan fingerprint density at radius 1 is 1.38 bits per heavy atom. The molecule has 4 rings (SSSR count). The van der Waals surface area contributed by atoms with Crippen molar-refractivity contribution >= 4 is 17.5 Å². The Labute approximate surface area is 140 Å². The minimum absolute atomic E-state index is 0.0105. The van der Waals surface area contributed by atoms with Crippen molar-refractivity contribution in [2.24, 2.45) is 11.7 Å². The number of amides is 2. The molecule has 2 amide bonds. The summed E-state index contributed by atoms with van der Waals surface area (Å²) in [4.78, 5) is 23.6. The van der Waals surface area contributed by atoms with Crippen LogP contribution in [0, 0.1) is 5.92 Å². The first-order valence-corrected chi connectivity index (χ1v) is 8.28. The average molecular weight is 324 g/mol. The third-order valence-corrected chi connectivity index (χ3v) is 5.23. The molecule has 1 heterocycles. The van der Waals surface area contributed by atoms with E-state index in [1.165, 1.54) is 15.8 Å². The van der Waals surface area contributed by atoms with Gasteiger partial charge in [0, 0.05) is 17.5 Å². The maximum absolute atomic E-state index is 12.6. The summed E-state index contributed by atoms with van der Waals surface area (Å²) in [5.74, 6) is -0.417. The van der Waals surface area contributed by atoms with Crippen LogP contribution < -0.4 is 11.1 Å². The van der Waals surface area contributed by atoms with E-state index < -0.39 is 5.91 Å². The number of hydrogen-bond acceptors (Lipinski definition) is 3. The van der Waals surface area contributed by atoms with Gasteiger partial charge >= 0.3 is 0 Å². The van der Waals surface area contributed by atoms with Gasteiger partial charge in [-0.1, -0.05) is 24.3 Å². The van der Waals surface area contributed by atoms with Crippen LogP contribution in [-0.2, 0) is 28.0 Å². The van der Waals surface area contributed by atoms with Crippen LogP contribution in [0.3, 0.4) is 0 Å². The van der Waals surface area contributed by atoms with E-state index in [1.54, 1.807) is 12.4 Å². The molecule has 0 aliphatic heterocycles. The summed E-state index contributed by atoms with van der Waals surface area (Å²) in [6, 6.07) is 8.49. The predicted octanol–water partition coefficient (Wildman–Crippen LogP) is 1.60. The van der Waals surface area contributed by atoms with E-state index in [4.69, 9.17) is 5.73 Å². The van der Waals surface area contributed by atoms with Gasteiger partial charge in [0.1, 0.15) is 6.54 Å². The first-order chi connectivity index (χ1) is 11.6. The summed E-state index contributed by atoms with van der Waals surface area (Å²) in [5.41, 5.74) is 8.50. The highest BCUT2D eigenvalue weighted by Crippen LogP contribution is 2.60. The van der Waals surface area contributed by atoms with Crippen LogP contribution in [0.2, 0.25) is 0 Å². The Kier molecular flexibility index (Phi) is 3.40. The topological polar surface area (TPSA) is 90.0 Å². The van der Waals surface area contributed by atoms with Crippen LogP contribution in [-0.4, -0.2) is 21.6 Å². The lowest BCUT2D eigenvalue weighted by Crippen LogP contribution is -2.24. The van der Waals surface area contributed by atoms with E-state index in [0.717, 1.165) is 25.7 Å². The summed E-state index contributed by atoms with van der Waals surface area (Å²) >= 11 is 0. The molecule has 0 saturated heterocycles. The number of nitrogens with one attached hydrogen (secondary N) is 1. The molecule has 3 N–H and O–H groups in total. The van der Waals surface area contributed by atoms with Crippen molar-refractivity contribution in [1.29, 1.82) is 0 Å². The molecule has 2 aliphatic carbocycles. The number of benzene rings is 1. The molecule has 1 fully saturated rings. The van der Waals surface area contributed by atoms with Crippen molar-refractivity contribution in [2.75, 3.05) is 5.32 Å². The maximum Gasteiger partial charge on any atom is 0.239 e. The molecule has 0 bridgehead atoms. The Bertz CT molecular complexity index is 813. The number of aryl methyl sites for hydroxylation is 1. The van der Waals surface area contributed by atoms with E-state index >= 15 is 0 Å². The Balaban J connectivity index is 1.48. The molecule has 24 heavy (non-hydrogen) atoms. The number of hydrogen-bond donors (Lipinski definition) is 2. The fourth-order valence-corrected chi connectivity index (χ4v) is 4.08. The number of anilines is 1. The minimum atomic E-state index is -0.462. The summed E-state index contributed by atoms with van der Waals surface area (Å²) in [6.07, 6.45) is 7.40. The van der Waals surface area contributed by atoms with Gasteiger partial charge in [-0.2, -0.15) is 5.10 Å². The average Bonchev–Trinajstić information content (AvgIpc) is 3.11. The highest BCUT2D eigenvalue weighted by atomic mass is 16.2. The summed E-state index contributed by atoms with van der Waals surface area (Å²) in [6.45, 7) is 0.0105. The molecule has 1 spiro atoms. The summed E-state index contributed by atoms with van der Waals surface area (Å²) < 4.78 is 1.43. The first-order valence-electron chi connectivity index (χ1n) is 8.28. The lowest BCUT2D eigenvalue weighted by Gasteiger charge is -2.26. The van der Waals surface area contributed by atoms with Gasteiger partial charge in [-0.25, -0.2) is 0 Å². The molecule has 0 unspecified atom stereocenters. The summed E-state index contributed by atoms with van der Waals surface area (Å²) in [5, 5.41) is 6.96. The van der Waals surface area contributed by atoms with Crippen LogP contribution in [0.25, 0.3) is 0 Å². The second-order valence-corrected chi connectivity index (χ2v) is 6.81. The molecule has 2 aliphatic rings. The smallest absolute Gasteiger partial charge is 0.239 e. The highest BCUT2D eigenvalue weighted by Gasteiger charge is 2.60. The van der Waals surface area contributed by atoms with Crippen molar-refractivity contribution in [3.8, 4) is 0 Å². The Hall–Kier alpha value is -2.63. The van der Waals surface area contributed by atoms with Crippen LogP contribution in [0.15, 0.2) is 36.7 Å². The van der Waals surface area contributed by atoms with Crippen LogP contribution in [0.5, 0.6) is 0 Å². The number of primary amides is 1. The van der Waals surface area contributed by atoms with Crippen molar-refractivity contribution in [3.63, 3.8) is 0 Å². The molecule has 124 valence electrons. The molecule has 1 aromatic carbocycles. The molecule has 6 nitrogen and oxygen atoms in total. The zero-order valence-corrected chi connectivity index (χ0v) is 13.4. The van der Waals surface area contributed by atoms with E-state index in [1.807, 2.05) is 0 Å². The first kappa shape index (κ1) is 14.9. The Morgan fingerprint density at radius 3 is 3.04 bits per heavy atom. The SMILES string of the molecule is NC(=O)Cn1cc(NC(=O)[C@@H]2C[C@]23CCCc2ccccc23)cn1. The van der Waals surface area contributed by atoms with Crippen LogP contribution in [0.4, 0.5) is 5.69 Å². The fraction of sp³-hybridized carbons (Fsp3) is 0.389. The number of aromatic nitrogens is 2. The molecule has 2 atom stereocenters. The Morgan fingerprint density at radius 2 is 2.21 bits per heavy atom. The van der Waals surface area contributed by atoms with E-state index in [9.17, 15) is 9.59 Å². The molecular weight excluding hydrogens is 304 g/mol. The zero-order valence-electron chi connectivity index (χ0n) is 13.4. The predicted molar refractivity (Wildman–Crippen MR) is 89.2 cm³/mol. The number of fused-ring (bicyclic) bond motifs is 2. The fourth-order valence-electron chi connectivity index (χ4n) is 4.08. The highest BCUT2D eigenvalue weighted by molar-refractivity contribution is 5.96. The standard InChI is InChI=1S/C18H20N4O2/c19-16(23)11-22-10-13(9-20-22)21-17(24)15-8-18(15)7-3-5-12-4-1-2-6-14(12)18/h1-2,4,6,9-10,15H,3,5,7-8,11H2,(H2,19,23)(H,21,24)/t15-,18-/m0/s1. The molecule has 6 heteroatoms. The van der Waals surface area contributed by atoms with Gasteiger partial charge < -0.3 is 11.1 Å². The molecule has 0 radical (unpaired) electrons. The van der Waals surface area contributed by atoms with Crippen LogP contribution in [0.1, 0.15) is 30.4 Å². The lowest BCUT2D eigenvalue weighted by atomic mass is 9.78. The number of nitrogens with zero attached hydrogens (tertiary/aromatic N) is 2. The third-order valence-electron chi connectivity index (χ3n) is 5.23. The van der Waals surface area contributed by atoms with Gasteiger partial charge in [0.15, 0.2) is 0 Å². The van der Waals surface area contributed by atoms with Crippen molar-refractivity contribution in [2.45, 2.75) is 37.6 Å². The largest absolute Gasteiger partial charge is 0.368 e. The summed E-state index contributed by atoms with van der Waals surface area (Å²) in [7, 11) is 0. The second-order valence-electron chi connectivity index (χ2n) is 6.81. The number of carbonyl (C=O) groups excluding carboxylic acids is 2. The second kappa shape index (κ2) is 5.47. The number of carbonyl (C=O) groups is 2. The van der Waals surface area contributed by atoms with Crippen molar-refractivity contribution < 1.29 is 9.59 Å². The monoisotopic (exact) mass is 324 g/mol. The van der Waals surface area contributed by atoms with Gasteiger partial charge in [-0.3, -0.25) is 14.3 Å². The maximum atomic E-state index is 12.6.